The molecule has 1 saturated heterocycles. The van der Waals surface area contributed by atoms with Crippen molar-refractivity contribution in [3.8, 4) is 0 Å². The molecule has 1 N–H and O–H groups in total. The van der Waals surface area contributed by atoms with Crippen molar-refractivity contribution in [3.05, 3.63) is 53.2 Å². The smallest absolute Gasteiger partial charge is 0.186 e. The molecule has 0 bridgehead atoms. The SMILES string of the molecule is CCc1ncnc(NCc2ccc(CN3CCCCC3)cc2)c1F. The molecule has 0 unspecified atom stereocenters. The van der Waals surface area contributed by atoms with E-state index in [2.05, 4.69) is 44.5 Å². The van der Waals surface area contributed by atoms with Gasteiger partial charge in [-0.1, -0.05) is 37.6 Å². The summed E-state index contributed by atoms with van der Waals surface area (Å²) in [7, 11) is 0. The number of aromatic nitrogens is 2. The maximum atomic E-state index is 14.1. The normalized spacial score (nSPS) is 15.4. The van der Waals surface area contributed by atoms with Gasteiger partial charge in [-0.05, 0) is 43.5 Å². The number of piperidine rings is 1. The fourth-order valence-corrected chi connectivity index (χ4v) is 3.10. The van der Waals surface area contributed by atoms with Crippen LogP contribution in [-0.2, 0) is 19.5 Å². The van der Waals surface area contributed by atoms with Crippen LogP contribution in [0, 0.1) is 5.82 Å². The molecule has 1 aromatic heterocycles. The highest BCUT2D eigenvalue weighted by molar-refractivity contribution is 5.38. The summed E-state index contributed by atoms with van der Waals surface area (Å²) in [6.07, 6.45) is 5.96. The van der Waals surface area contributed by atoms with Crippen LogP contribution in [0.2, 0.25) is 0 Å². The Hall–Kier alpha value is -2.01. The Balaban J connectivity index is 1.56. The van der Waals surface area contributed by atoms with Crippen LogP contribution in [0.25, 0.3) is 0 Å². The van der Waals surface area contributed by atoms with Gasteiger partial charge in [0.25, 0.3) is 0 Å². The van der Waals surface area contributed by atoms with E-state index in [0.717, 1.165) is 12.1 Å². The molecule has 4 nitrogen and oxygen atoms in total. The molecule has 1 aromatic carbocycles. The first-order valence-electron chi connectivity index (χ1n) is 8.79. The number of likely N-dealkylation sites (tertiary alicyclic amines) is 1. The monoisotopic (exact) mass is 328 g/mol. The number of nitrogens with zero attached hydrogens (tertiary/aromatic N) is 3. The molecule has 3 rings (SSSR count). The van der Waals surface area contributed by atoms with Gasteiger partial charge in [-0.15, -0.1) is 0 Å². The van der Waals surface area contributed by atoms with E-state index in [4.69, 9.17) is 0 Å². The van der Waals surface area contributed by atoms with Crippen LogP contribution in [0.5, 0.6) is 0 Å². The summed E-state index contributed by atoms with van der Waals surface area (Å²) < 4.78 is 14.1. The van der Waals surface area contributed by atoms with Crippen molar-refractivity contribution in [2.24, 2.45) is 0 Å². The highest BCUT2D eigenvalue weighted by Gasteiger charge is 2.11. The molecule has 1 fully saturated rings. The molecular weight excluding hydrogens is 303 g/mol. The molecule has 0 aliphatic carbocycles. The summed E-state index contributed by atoms with van der Waals surface area (Å²) in [5.41, 5.74) is 2.90. The fourth-order valence-electron chi connectivity index (χ4n) is 3.10. The number of nitrogens with one attached hydrogen (secondary N) is 1. The van der Waals surface area contributed by atoms with Crippen LogP contribution in [0.3, 0.4) is 0 Å². The zero-order chi connectivity index (χ0) is 16.8. The van der Waals surface area contributed by atoms with Crippen molar-refractivity contribution < 1.29 is 4.39 Å². The van der Waals surface area contributed by atoms with Crippen LogP contribution in [0.1, 0.15) is 43.0 Å². The Morgan fingerprint density at radius 2 is 1.75 bits per heavy atom. The zero-order valence-corrected chi connectivity index (χ0v) is 14.3. The number of aryl methyl sites for hydroxylation is 1. The lowest BCUT2D eigenvalue weighted by Gasteiger charge is -2.26. The second-order valence-electron chi connectivity index (χ2n) is 6.34. The number of anilines is 1. The van der Waals surface area contributed by atoms with Crippen molar-refractivity contribution in [3.63, 3.8) is 0 Å². The first kappa shape index (κ1) is 16.8. The summed E-state index contributed by atoms with van der Waals surface area (Å²) in [5, 5.41) is 3.07. The minimum absolute atomic E-state index is 0.277. The van der Waals surface area contributed by atoms with Gasteiger partial charge >= 0.3 is 0 Å². The molecule has 1 aliphatic heterocycles. The average Bonchev–Trinajstić information content (AvgIpc) is 2.63. The van der Waals surface area contributed by atoms with Crippen LogP contribution < -0.4 is 5.32 Å². The lowest BCUT2D eigenvalue weighted by atomic mass is 10.1. The molecule has 0 spiro atoms. The quantitative estimate of drug-likeness (QED) is 0.876. The van der Waals surface area contributed by atoms with Crippen LogP contribution in [-0.4, -0.2) is 28.0 Å². The maximum absolute atomic E-state index is 14.1. The van der Waals surface area contributed by atoms with Gasteiger partial charge in [-0.25, -0.2) is 14.4 Å². The van der Waals surface area contributed by atoms with Gasteiger partial charge in [-0.3, -0.25) is 4.90 Å². The molecule has 2 aromatic rings. The predicted molar refractivity (Wildman–Crippen MR) is 94.3 cm³/mol. The first-order chi connectivity index (χ1) is 11.8. The standard InChI is InChI=1S/C19H25FN4/c1-2-17-18(20)19(23-14-22-17)21-12-15-6-8-16(9-7-15)13-24-10-4-3-5-11-24/h6-9,14H,2-5,10-13H2,1H3,(H,21,22,23). The minimum Gasteiger partial charge on any atom is -0.363 e. The van der Waals surface area contributed by atoms with E-state index in [0.29, 0.717) is 18.7 Å². The van der Waals surface area contributed by atoms with Gasteiger partial charge in [0, 0.05) is 13.1 Å². The van der Waals surface area contributed by atoms with Gasteiger partial charge in [0.15, 0.2) is 11.6 Å². The Morgan fingerprint density at radius 1 is 1.04 bits per heavy atom. The topological polar surface area (TPSA) is 41.1 Å². The summed E-state index contributed by atoms with van der Waals surface area (Å²) in [6.45, 7) is 5.87. The third kappa shape index (κ3) is 4.29. The predicted octanol–water partition coefficient (Wildman–Crippen LogP) is 3.78. The molecule has 0 saturated carbocycles. The number of hydrogen-bond acceptors (Lipinski definition) is 4. The molecule has 0 radical (unpaired) electrons. The van der Waals surface area contributed by atoms with Crippen molar-refractivity contribution >= 4 is 5.82 Å². The number of benzene rings is 1. The van der Waals surface area contributed by atoms with Gasteiger partial charge in [0.05, 0.1) is 5.69 Å². The van der Waals surface area contributed by atoms with Crippen LogP contribution in [0.15, 0.2) is 30.6 Å². The lowest BCUT2D eigenvalue weighted by molar-refractivity contribution is 0.221. The molecule has 0 amide bonds. The van der Waals surface area contributed by atoms with Crippen molar-refractivity contribution in [2.45, 2.75) is 45.7 Å². The zero-order valence-electron chi connectivity index (χ0n) is 14.3. The molecule has 1 aliphatic rings. The van der Waals surface area contributed by atoms with E-state index in [1.54, 1.807) is 0 Å². The van der Waals surface area contributed by atoms with E-state index < -0.39 is 0 Å². The number of rotatable bonds is 6. The van der Waals surface area contributed by atoms with Gasteiger partial charge in [0.1, 0.15) is 6.33 Å². The van der Waals surface area contributed by atoms with E-state index in [-0.39, 0.29) is 11.6 Å². The third-order valence-electron chi connectivity index (χ3n) is 4.53. The average molecular weight is 328 g/mol. The van der Waals surface area contributed by atoms with E-state index in [9.17, 15) is 4.39 Å². The summed E-state index contributed by atoms with van der Waals surface area (Å²) in [4.78, 5) is 10.5. The summed E-state index contributed by atoms with van der Waals surface area (Å²) >= 11 is 0. The minimum atomic E-state index is -0.346. The molecule has 2 heterocycles. The maximum Gasteiger partial charge on any atom is 0.186 e. The molecule has 24 heavy (non-hydrogen) atoms. The molecular formula is C19H25FN4. The van der Waals surface area contributed by atoms with Crippen molar-refractivity contribution in [1.82, 2.24) is 14.9 Å². The number of halogens is 1. The molecule has 0 atom stereocenters. The summed E-state index contributed by atoms with van der Waals surface area (Å²) in [5.74, 6) is -0.0686. The second kappa shape index (κ2) is 8.20. The van der Waals surface area contributed by atoms with Crippen molar-refractivity contribution in [1.29, 1.82) is 0 Å². The van der Waals surface area contributed by atoms with E-state index in [1.807, 2.05) is 6.92 Å². The van der Waals surface area contributed by atoms with Gasteiger partial charge in [0.2, 0.25) is 0 Å². The number of hydrogen-bond donors (Lipinski definition) is 1. The van der Waals surface area contributed by atoms with Gasteiger partial charge < -0.3 is 5.32 Å². The first-order valence-corrected chi connectivity index (χ1v) is 8.79. The third-order valence-corrected chi connectivity index (χ3v) is 4.53. The largest absolute Gasteiger partial charge is 0.363 e. The second-order valence-corrected chi connectivity index (χ2v) is 6.34. The van der Waals surface area contributed by atoms with Gasteiger partial charge in [-0.2, -0.15) is 0 Å². The van der Waals surface area contributed by atoms with Crippen LogP contribution >= 0.6 is 0 Å². The van der Waals surface area contributed by atoms with Crippen LogP contribution in [0.4, 0.5) is 10.2 Å². The van der Waals surface area contributed by atoms with E-state index >= 15 is 0 Å². The molecule has 5 heteroatoms. The molecule has 128 valence electrons. The Morgan fingerprint density at radius 3 is 2.46 bits per heavy atom. The Labute approximate surface area is 143 Å². The highest BCUT2D eigenvalue weighted by Crippen LogP contribution is 2.16. The Bertz CT molecular complexity index is 651. The van der Waals surface area contributed by atoms with Crippen molar-refractivity contribution in [2.75, 3.05) is 18.4 Å². The van der Waals surface area contributed by atoms with E-state index in [1.165, 1.54) is 44.2 Å². The highest BCUT2D eigenvalue weighted by atomic mass is 19.1. The lowest BCUT2D eigenvalue weighted by Crippen LogP contribution is -2.29. The Kier molecular flexibility index (Phi) is 5.75. The fraction of sp³-hybridized carbons (Fsp3) is 0.474. The summed E-state index contributed by atoms with van der Waals surface area (Å²) in [6, 6.07) is 8.54.